The summed E-state index contributed by atoms with van der Waals surface area (Å²) >= 11 is 5.70. The fourth-order valence-electron chi connectivity index (χ4n) is 2.32. The summed E-state index contributed by atoms with van der Waals surface area (Å²) in [6, 6.07) is 10.1. The lowest BCUT2D eigenvalue weighted by molar-refractivity contribution is 0.0695. The monoisotopic (exact) mass is 332 g/mol. The quantitative estimate of drug-likeness (QED) is 0.748. The molecule has 0 bridgehead atoms. The smallest absolute Gasteiger partial charge is 0.341 e. The molecular weight excluding hydrogens is 323 g/mol. The van der Waals surface area contributed by atoms with Gasteiger partial charge >= 0.3 is 5.97 Å². The Balaban J connectivity index is 2.31. The number of hydrogen-bond donors (Lipinski definition) is 1. The molecule has 0 unspecified atom stereocenters. The van der Waals surface area contributed by atoms with E-state index in [9.17, 15) is 19.1 Å². The molecule has 0 fully saturated rings. The summed E-state index contributed by atoms with van der Waals surface area (Å²) in [5, 5.41) is 8.69. The van der Waals surface area contributed by atoms with Gasteiger partial charge in [-0.15, -0.1) is 0 Å². The van der Waals surface area contributed by atoms with E-state index in [1.165, 1.54) is 10.8 Å². The summed E-state index contributed by atoms with van der Waals surface area (Å²) in [5.41, 5.74) is -0.233. The van der Waals surface area contributed by atoms with E-state index < -0.39 is 22.8 Å². The molecule has 0 saturated heterocycles. The van der Waals surface area contributed by atoms with Gasteiger partial charge in [0.15, 0.2) is 11.0 Å². The lowest BCUT2D eigenvalue weighted by Gasteiger charge is -2.12. The lowest BCUT2D eigenvalue weighted by Crippen LogP contribution is -2.20. The normalized spacial score (nSPS) is 10.9. The maximum Gasteiger partial charge on any atom is 0.341 e. The third kappa shape index (κ3) is 2.80. The van der Waals surface area contributed by atoms with Crippen molar-refractivity contribution in [3.8, 4) is 0 Å². The number of aromatic carboxylic acids is 1. The SMILES string of the molecule is O=C(O)c1cn(Cc2ccccc2)c2nc(Cl)c(F)cc2c1=O. The minimum Gasteiger partial charge on any atom is -0.477 e. The maximum atomic E-state index is 13.6. The van der Waals surface area contributed by atoms with E-state index in [0.717, 1.165) is 11.6 Å². The number of halogens is 2. The van der Waals surface area contributed by atoms with Gasteiger partial charge in [-0.1, -0.05) is 41.9 Å². The van der Waals surface area contributed by atoms with Crippen LogP contribution >= 0.6 is 11.6 Å². The van der Waals surface area contributed by atoms with Crippen molar-refractivity contribution >= 4 is 28.6 Å². The summed E-state index contributed by atoms with van der Waals surface area (Å²) < 4.78 is 15.1. The van der Waals surface area contributed by atoms with Crippen LogP contribution in [-0.2, 0) is 6.54 Å². The van der Waals surface area contributed by atoms with Crippen molar-refractivity contribution in [1.29, 1.82) is 0 Å². The van der Waals surface area contributed by atoms with Gasteiger partial charge in [-0.3, -0.25) is 4.79 Å². The van der Waals surface area contributed by atoms with Gasteiger partial charge in [0.05, 0.1) is 5.39 Å². The number of carboxylic acid groups (broad SMARTS) is 1. The second kappa shape index (κ2) is 5.81. The van der Waals surface area contributed by atoms with E-state index in [0.29, 0.717) is 0 Å². The average molecular weight is 333 g/mol. The molecule has 0 amide bonds. The van der Waals surface area contributed by atoms with E-state index in [1.807, 2.05) is 30.3 Å². The number of nitrogens with zero attached hydrogens (tertiary/aromatic N) is 2. The first-order valence-corrected chi connectivity index (χ1v) is 7.01. The number of carboxylic acids is 1. The standard InChI is InChI=1S/C16H10ClFN2O3/c17-14-12(18)6-10-13(21)11(16(22)23)8-20(15(10)19-14)7-9-4-2-1-3-5-9/h1-6,8H,7H2,(H,22,23). The maximum absolute atomic E-state index is 13.6. The van der Waals surface area contributed by atoms with Crippen LogP contribution < -0.4 is 5.43 Å². The van der Waals surface area contributed by atoms with Crippen molar-refractivity contribution in [3.63, 3.8) is 0 Å². The highest BCUT2D eigenvalue weighted by Crippen LogP contribution is 2.19. The summed E-state index contributed by atoms with van der Waals surface area (Å²) in [6.45, 7) is 0.271. The number of benzene rings is 1. The van der Waals surface area contributed by atoms with Crippen LogP contribution in [0, 0.1) is 5.82 Å². The summed E-state index contributed by atoms with van der Waals surface area (Å²) in [6.07, 6.45) is 1.20. The van der Waals surface area contributed by atoms with Crippen LogP contribution in [0.15, 0.2) is 47.4 Å². The molecule has 2 aromatic heterocycles. The molecule has 0 aliphatic rings. The first kappa shape index (κ1) is 15.2. The number of hydrogen-bond acceptors (Lipinski definition) is 3. The third-order valence-electron chi connectivity index (χ3n) is 3.39. The van der Waals surface area contributed by atoms with Crippen LogP contribution in [0.25, 0.3) is 11.0 Å². The zero-order valence-electron chi connectivity index (χ0n) is 11.7. The fourth-order valence-corrected chi connectivity index (χ4v) is 2.45. The molecule has 0 radical (unpaired) electrons. The molecule has 2 heterocycles. The zero-order valence-corrected chi connectivity index (χ0v) is 12.4. The van der Waals surface area contributed by atoms with Crippen LogP contribution in [0.1, 0.15) is 15.9 Å². The van der Waals surface area contributed by atoms with E-state index in [1.54, 1.807) is 0 Å². The summed E-state index contributed by atoms with van der Waals surface area (Å²) in [4.78, 5) is 27.4. The Kier molecular flexibility index (Phi) is 3.83. The van der Waals surface area contributed by atoms with Crippen molar-refractivity contribution in [2.75, 3.05) is 0 Å². The molecule has 1 N–H and O–H groups in total. The number of fused-ring (bicyclic) bond motifs is 1. The Bertz CT molecular complexity index is 970. The minimum atomic E-state index is -1.38. The predicted octanol–water partition coefficient (Wildman–Crippen LogP) is 2.94. The van der Waals surface area contributed by atoms with Gasteiger partial charge in [-0.05, 0) is 11.6 Å². The van der Waals surface area contributed by atoms with Crippen LogP contribution in [-0.4, -0.2) is 20.6 Å². The molecule has 0 aliphatic carbocycles. The molecule has 0 atom stereocenters. The van der Waals surface area contributed by atoms with E-state index >= 15 is 0 Å². The Morgan fingerprint density at radius 3 is 2.65 bits per heavy atom. The molecule has 7 heteroatoms. The first-order chi connectivity index (χ1) is 11.0. The lowest BCUT2D eigenvalue weighted by atomic mass is 10.1. The van der Waals surface area contributed by atoms with Gasteiger partial charge in [0.25, 0.3) is 0 Å². The van der Waals surface area contributed by atoms with Crippen molar-refractivity contribution in [3.05, 3.63) is 74.9 Å². The van der Waals surface area contributed by atoms with Crippen LogP contribution in [0.4, 0.5) is 4.39 Å². The summed E-state index contributed by atoms with van der Waals surface area (Å²) in [7, 11) is 0. The van der Waals surface area contributed by atoms with Crippen molar-refractivity contribution in [2.45, 2.75) is 6.54 Å². The van der Waals surface area contributed by atoms with Crippen molar-refractivity contribution < 1.29 is 14.3 Å². The molecule has 3 rings (SSSR count). The van der Waals surface area contributed by atoms with Gasteiger partial charge in [0, 0.05) is 12.7 Å². The molecule has 0 saturated carbocycles. The highest BCUT2D eigenvalue weighted by molar-refractivity contribution is 6.29. The predicted molar refractivity (Wildman–Crippen MR) is 83.5 cm³/mol. The van der Waals surface area contributed by atoms with E-state index in [2.05, 4.69) is 4.98 Å². The second-order valence-corrected chi connectivity index (χ2v) is 5.28. The van der Waals surface area contributed by atoms with E-state index in [4.69, 9.17) is 11.6 Å². The number of carbonyl (C=O) groups is 1. The Hall–Kier alpha value is -2.73. The topological polar surface area (TPSA) is 72.2 Å². The summed E-state index contributed by atoms with van der Waals surface area (Å²) in [5.74, 6) is -2.25. The van der Waals surface area contributed by atoms with Crippen LogP contribution in [0.2, 0.25) is 5.15 Å². The minimum absolute atomic E-state index is 0.122. The molecule has 5 nitrogen and oxygen atoms in total. The first-order valence-electron chi connectivity index (χ1n) is 6.64. The second-order valence-electron chi connectivity index (χ2n) is 4.92. The fraction of sp³-hybridized carbons (Fsp3) is 0.0625. The Morgan fingerprint density at radius 2 is 2.00 bits per heavy atom. The third-order valence-corrected chi connectivity index (χ3v) is 3.65. The Morgan fingerprint density at radius 1 is 1.30 bits per heavy atom. The molecule has 0 spiro atoms. The average Bonchev–Trinajstić information content (AvgIpc) is 2.52. The highest BCUT2D eigenvalue weighted by Gasteiger charge is 2.17. The molecule has 116 valence electrons. The Labute approximate surface area is 134 Å². The van der Waals surface area contributed by atoms with Gasteiger partial charge in [-0.25, -0.2) is 14.2 Å². The van der Waals surface area contributed by atoms with Gasteiger partial charge in [0.1, 0.15) is 11.2 Å². The van der Waals surface area contributed by atoms with Gasteiger partial charge in [0.2, 0.25) is 5.43 Å². The molecular formula is C16H10ClFN2O3. The molecule has 3 aromatic rings. The zero-order chi connectivity index (χ0) is 16.6. The molecule has 0 aliphatic heterocycles. The van der Waals surface area contributed by atoms with Gasteiger partial charge < -0.3 is 9.67 Å². The van der Waals surface area contributed by atoms with Crippen molar-refractivity contribution in [2.24, 2.45) is 0 Å². The van der Waals surface area contributed by atoms with Crippen molar-refractivity contribution in [1.82, 2.24) is 9.55 Å². The number of rotatable bonds is 3. The molecule has 23 heavy (non-hydrogen) atoms. The van der Waals surface area contributed by atoms with Gasteiger partial charge in [-0.2, -0.15) is 0 Å². The highest BCUT2D eigenvalue weighted by atomic mass is 35.5. The number of pyridine rings is 2. The number of aromatic nitrogens is 2. The largest absolute Gasteiger partial charge is 0.477 e. The van der Waals surface area contributed by atoms with Crippen LogP contribution in [0.5, 0.6) is 0 Å². The van der Waals surface area contributed by atoms with Crippen LogP contribution in [0.3, 0.4) is 0 Å². The van der Waals surface area contributed by atoms with E-state index in [-0.39, 0.29) is 22.7 Å². The molecule has 1 aromatic carbocycles.